The predicted octanol–water partition coefficient (Wildman–Crippen LogP) is 4.59. The first kappa shape index (κ1) is 22.6. The van der Waals surface area contributed by atoms with E-state index in [1.165, 1.54) is 28.4 Å². The quantitative estimate of drug-likeness (QED) is 0.645. The fraction of sp³-hybridized carbons (Fsp3) is 0.391. The summed E-state index contributed by atoms with van der Waals surface area (Å²) in [6, 6.07) is 15.6. The summed E-state index contributed by atoms with van der Waals surface area (Å²) in [5, 5.41) is 2.88. The van der Waals surface area contributed by atoms with Crippen LogP contribution in [0.5, 0.6) is 5.75 Å². The highest BCUT2D eigenvalue weighted by Crippen LogP contribution is 2.43. The van der Waals surface area contributed by atoms with E-state index >= 15 is 0 Å². The first-order valence-electron chi connectivity index (χ1n) is 10.1. The van der Waals surface area contributed by atoms with Crippen LogP contribution in [0.15, 0.2) is 48.5 Å². The van der Waals surface area contributed by atoms with E-state index in [0.717, 1.165) is 17.7 Å². The van der Waals surface area contributed by atoms with Gasteiger partial charge in [-0.15, -0.1) is 23.5 Å². The number of nitrogens with one attached hydrogen (secondary N) is 1. The number of para-hydroxylation sites is 1. The summed E-state index contributed by atoms with van der Waals surface area (Å²) in [6.45, 7) is 1.92. The fourth-order valence-electron chi connectivity index (χ4n) is 3.10. The van der Waals surface area contributed by atoms with Gasteiger partial charge in [0.05, 0.1) is 11.1 Å². The number of carbonyl (C=O) groups is 2. The Hall–Kier alpha value is -2.12. The van der Waals surface area contributed by atoms with Gasteiger partial charge < -0.3 is 15.0 Å². The van der Waals surface area contributed by atoms with E-state index in [1.807, 2.05) is 66.8 Å². The van der Waals surface area contributed by atoms with Crippen LogP contribution in [-0.4, -0.2) is 48.4 Å². The number of nitrogens with zero attached hydrogens (tertiary/aromatic N) is 1. The molecule has 0 bridgehead atoms. The molecular formula is C23H28N2O3S2. The van der Waals surface area contributed by atoms with Crippen LogP contribution in [0.4, 0.5) is 5.69 Å². The minimum Gasteiger partial charge on any atom is -0.484 e. The second-order valence-electron chi connectivity index (χ2n) is 7.09. The van der Waals surface area contributed by atoms with E-state index < -0.39 is 0 Å². The van der Waals surface area contributed by atoms with Crippen molar-refractivity contribution in [2.75, 3.05) is 37.0 Å². The Morgan fingerprint density at radius 3 is 2.50 bits per heavy atom. The molecule has 7 heteroatoms. The highest BCUT2D eigenvalue weighted by Gasteiger charge is 2.17. The highest BCUT2D eigenvalue weighted by atomic mass is 32.2. The third kappa shape index (κ3) is 6.44. The highest BCUT2D eigenvalue weighted by molar-refractivity contribution is 8.16. The predicted molar refractivity (Wildman–Crippen MR) is 126 cm³/mol. The van der Waals surface area contributed by atoms with E-state index in [9.17, 15) is 9.59 Å². The van der Waals surface area contributed by atoms with Crippen LogP contribution in [0.1, 0.15) is 29.1 Å². The summed E-state index contributed by atoms with van der Waals surface area (Å²) >= 11 is 3.95. The molecule has 0 radical (unpaired) electrons. The van der Waals surface area contributed by atoms with Gasteiger partial charge in [0.15, 0.2) is 6.61 Å². The molecule has 1 aliphatic heterocycles. The minimum absolute atomic E-state index is 0.0185. The van der Waals surface area contributed by atoms with Crippen LogP contribution >= 0.6 is 23.5 Å². The summed E-state index contributed by atoms with van der Waals surface area (Å²) in [6.07, 6.45) is 2.10. The number of thioether (sulfide) groups is 2. The van der Waals surface area contributed by atoms with Gasteiger partial charge in [-0.05, 0) is 53.7 Å². The zero-order valence-corrected chi connectivity index (χ0v) is 19.1. The second kappa shape index (κ2) is 11.3. The fourth-order valence-corrected chi connectivity index (χ4v) is 5.99. The number of benzene rings is 2. The van der Waals surface area contributed by atoms with Crippen LogP contribution in [0, 0.1) is 0 Å². The smallest absolute Gasteiger partial charge is 0.260 e. The van der Waals surface area contributed by atoms with Crippen LogP contribution in [0.2, 0.25) is 0 Å². The van der Waals surface area contributed by atoms with Crippen LogP contribution in [-0.2, 0) is 16.0 Å². The number of ether oxygens (including phenoxy) is 1. The molecule has 0 atom stereocenters. The lowest BCUT2D eigenvalue weighted by atomic mass is 10.1. The molecule has 2 aromatic carbocycles. The number of likely N-dealkylation sites (N-methyl/N-ethyl adjacent to an activating group) is 1. The van der Waals surface area contributed by atoms with Gasteiger partial charge in [0.2, 0.25) is 5.91 Å². The normalized spacial score (nSPS) is 14.2. The van der Waals surface area contributed by atoms with Gasteiger partial charge in [-0.1, -0.05) is 37.3 Å². The van der Waals surface area contributed by atoms with Gasteiger partial charge in [-0.25, -0.2) is 0 Å². The van der Waals surface area contributed by atoms with Gasteiger partial charge in [-0.2, -0.15) is 0 Å². The van der Waals surface area contributed by atoms with E-state index in [-0.39, 0.29) is 25.0 Å². The zero-order valence-electron chi connectivity index (χ0n) is 17.4. The van der Waals surface area contributed by atoms with Crippen molar-refractivity contribution in [1.29, 1.82) is 0 Å². The Morgan fingerprint density at radius 1 is 1.10 bits per heavy atom. The molecule has 1 N–H and O–H groups in total. The van der Waals surface area contributed by atoms with Crippen molar-refractivity contribution >= 4 is 41.0 Å². The summed E-state index contributed by atoms with van der Waals surface area (Å²) in [5.74, 6) is 2.60. The lowest BCUT2D eigenvalue weighted by Crippen LogP contribution is -2.37. The molecule has 2 aromatic rings. The summed E-state index contributed by atoms with van der Waals surface area (Å²) in [4.78, 5) is 26.0. The maximum atomic E-state index is 12.4. The van der Waals surface area contributed by atoms with Crippen molar-refractivity contribution in [3.05, 3.63) is 59.7 Å². The number of aryl methyl sites for hydroxylation is 1. The average molecular weight is 445 g/mol. The van der Waals surface area contributed by atoms with E-state index in [2.05, 4.69) is 17.4 Å². The topological polar surface area (TPSA) is 58.6 Å². The Bertz CT molecular complexity index is 852. The number of carbonyl (C=O) groups excluding carboxylic acids is 2. The molecule has 0 spiro atoms. The number of hydrogen-bond donors (Lipinski definition) is 1. The van der Waals surface area contributed by atoms with Crippen LogP contribution in [0.25, 0.3) is 0 Å². The van der Waals surface area contributed by atoms with Gasteiger partial charge in [-0.3, -0.25) is 9.59 Å². The molecule has 160 valence electrons. The first-order chi connectivity index (χ1) is 14.6. The molecule has 30 heavy (non-hydrogen) atoms. The average Bonchev–Trinajstić information content (AvgIpc) is 2.78. The number of amides is 2. The molecule has 3 rings (SSSR count). The molecule has 5 nitrogen and oxygen atoms in total. The van der Waals surface area contributed by atoms with Gasteiger partial charge in [0.1, 0.15) is 5.75 Å². The molecule has 1 saturated heterocycles. The van der Waals surface area contributed by atoms with E-state index in [4.69, 9.17) is 4.74 Å². The third-order valence-corrected chi connectivity index (χ3v) is 7.84. The molecular weight excluding hydrogens is 416 g/mol. The number of anilines is 1. The van der Waals surface area contributed by atoms with Gasteiger partial charge >= 0.3 is 0 Å². The molecule has 2 amide bonds. The Kier molecular flexibility index (Phi) is 8.51. The van der Waals surface area contributed by atoms with Crippen molar-refractivity contribution < 1.29 is 14.3 Å². The van der Waals surface area contributed by atoms with Crippen molar-refractivity contribution in [3.8, 4) is 5.75 Å². The maximum Gasteiger partial charge on any atom is 0.260 e. The van der Waals surface area contributed by atoms with Crippen molar-refractivity contribution in [1.82, 2.24) is 4.90 Å². The molecule has 1 heterocycles. The number of rotatable bonds is 8. The largest absolute Gasteiger partial charge is 0.484 e. The third-order valence-electron chi connectivity index (χ3n) is 4.82. The Morgan fingerprint density at radius 2 is 1.80 bits per heavy atom. The van der Waals surface area contributed by atoms with Gasteiger partial charge in [0, 0.05) is 12.7 Å². The Labute approximate surface area is 186 Å². The zero-order chi connectivity index (χ0) is 21.3. The molecule has 1 aliphatic rings. The molecule has 1 fully saturated rings. The van der Waals surface area contributed by atoms with Crippen molar-refractivity contribution in [3.63, 3.8) is 0 Å². The number of hydrogen-bond acceptors (Lipinski definition) is 5. The molecule has 0 aromatic heterocycles. The van der Waals surface area contributed by atoms with Crippen LogP contribution in [0.3, 0.4) is 0 Å². The summed E-state index contributed by atoms with van der Waals surface area (Å²) in [7, 11) is 1.61. The van der Waals surface area contributed by atoms with Crippen molar-refractivity contribution in [2.24, 2.45) is 0 Å². The van der Waals surface area contributed by atoms with E-state index in [0.29, 0.717) is 10.3 Å². The summed E-state index contributed by atoms with van der Waals surface area (Å²) < 4.78 is 6.11. The SMILES string of the molecule is CCc1ccccc1NC(=O)CN(C)C(=O)COc1ccc(C2SCCCS2)cc1. The monoisotopic (exact) mass is 444 g/mol. The lowest BCUT2D eigenvalue weighted by Gasteiger charge is -2.21. The van der Waals surface area contributed by atoms with Crippen LogP contribution < -0.4 is 10.1 Å². The molecule has 0 unspecified atom stereocenters. The molecule has 0 aliphatic carbocycles. The Balaban J connectivity index is 1.45. The summed E-state index contributed by atoms with van der Waals surface area (Å²) in [5.41, 5.74) is 3.14. The standard InChI is InChI=1S/C23H28N2O3S2/c1-3-17-7-4-5-8-20(17)24-21(26)15-25(2)22(27)16-28-19-11-9-18(10-12-19)23-29-13-6-14-30-23/h4-5,7-12,23H,3,6,13-16H2,1-2H3,(H,24,26). The molecule has 0 saturated carbocycles. The first-order valence-corrected chi connectivity index (χ1v) is 12.2. The van der Waals surface area contributed by atoms with Gasteiger partial charge in [0.25, 0.3) is 5.91 Å². The second-order valence-corrected chi connectivity index (χ2v) is 9.82. The maximum absolute atomic E-state index is 12.4. The van der Waals surface area contributed by atoms with Crippen molar-refractivity contribution in [2.45, 2.75) is 24.3 Å². The minimum atomic E-state index is -0.239. The lowest BCUT2D eigenvalue weighted by molar-refractivity contribution is -0.135. The van der Waals surface area contributed by atoms with E-state index in [1.54, 1.807) is 7.05 Å².